The molecule has 2 N–H and O–H groups in total. The topological polar surface area (TPSA) is 54.2 Å². The van der Waals surface area contributed by atoms with Gasteiger partial charge in [0.05, 0.1) is 17.2 Å². The fourth-order valence-electron chi connectivity index (χ4n) is 2.10. The molecular weight excluding hydrogens is 294 g/mol. The highest BCUT2D eigenvalue weighted by Gasteiger charge is 2.04. The Bertz CT molecular complexity index is 607. The Labute approximate surface area is 136 Å². The zero-order valence-electron chi connectivity index (χ0n) is 13.8. The molecule has 120 valence electrons. The fourth-order valence-corrected chi connectivity index (χ4v) is 3.03. The van der Waals surface area contributed by atoms with Crippen LogP contribution in [0.3, 0.4) is 0 Å². The lowest BCUT2D eigenvalue weighted by Crippen LogP contribution is -2.38. The van der Waals surface area contributed by atoms with E-state index in [1.807, 2.05) is 17.8 Å². The number of nitrogens with zero attached hydrogens (tertiary/aromatic N) is 3. The minimum atomic E-state index is 0.686. The average molecular weight is 319 g/mol. The Hall–Kier alpha value is -1.82. The summed E-state index contributed by atoms with van der Waals surface area (Å²) in [6.45, 7) is 8.64. The van der Waals surface area contributed by atoms with Gasteiger partial charge in [-0.2, -0.15) is 0 Å². The first-order valence-electron chi connectivity index (χ1n) is 7.64. The number of hydrogen-bond donors (Lipinski definition) is 2. The summed E-state index contributed by atoms with van der Waals surface area (Å²) in [7, 11) is 2.02. The molecule has 2 rings (SSSR count). The van der Waals surface area contributed by atoms with E-state index in [1.165, 1.54) is 15.4 Å². The van der Waals surface area contributed by atoms with Crippen molar-refractivity contribution >= 4 is 17.3 Å². The smallest absolute Gasteiger partial charge is 0.191 e. The standard InChI is InChI=1S/C16H25N5S/c1-5-17-16(19-10-14-7-9-21(4)11-14)18-8-6-15-20-12(2)13(3)22-15/h7,9,11H,5-6,8,10H2,1-4H3,(H2,17,18,19). The number of thiazole rings is 1. The number of nitrogens with one attached hydrogen (secondary N) is 2. The van der Waals surface area contributed by atoms with Crippen molar-refractivity contribution in [3.8, 4) is 0 Å². The van der Waals surface area contributed by atoms with Crippen molar-refractivity contribution in [2.24, 2.45) is 12.0 Å². The van der Waals surface area contributed by atoms with Crippen LogP contribution in [-0.2, 0) is 20.0 Å². The van der Waals surface area contributed by atoms with E-state index < -0.39 is 0 Å². The van der Waals surface area contributed by atoms with E-state index in [4.69, 9.17) is 0 Å². The second-order valence-electron chi connectivity index (χ2n) is 5.31. The molecule has 0 aliphatic rings. The van der Waals surface area contributed by atoms with Gasteiger partial charge < -0.3 is 15.2 Å². The lowest BCUT2D eigenvalue weighted by Gasteiger charge is -2.10. The lowest BCUT2D eigenvalue weighted by atomic mass is 10.3. The maximum absolute atomic E-state index is 4.62. The highest BCUT2D eigenvalue weighted by atomic mass is 32.1. The van der Waals surface area contributed by atoms with Crippen molar-refractivity contribution in [2.45, 2.75) is 33.7 Å². The van der Waals surface area contributed by atoms with Gasteiger partial charge in [-0.1, -0.05) is 0 Å². The van der Waals surface area contributed by atoms with Gasteiger partial charge in [0.25, 0.3) is 0 Å². The summed E-state index contributed by atoms with van der Waals surface area (Å²) in [6.07, 6.45) is 5.06. The molecule has 0 saturated carbocycles. The highest BCUT2D eigenvalue weighted by Crippen LogP contribution is 2.16. The van der Waals surface area contributed by atoms with E-state index in [1.54, 1.807) is 11.3 Å². The third-order valence-corrected chi connectivity index (χ3v) is 4.49. The molecule has 2 aromatic rings. The lowest BCUT2D eigenvalue weighted by molar-refractivity contribution is 0.795. The molecule has 0 spiro atoms. The Morgan fingerprint density at radius 1 is 1.36 bits per heavy atom. The van der Waals surface area contributed by atoms with E-state index in [0.29, 0.717) is 6.54 Å². The maximum atomic E-state index is 4.62. The van der Waals surface area contributed by atoms with E-state index in [-0.39, 0.29) is 0 Å². The first-order chi connectivity index (χ1) is 10.6. The normalized spacial score (nSPS) is 11.7. The molecule has 0 saturated heterocycles. The summed E-state index contributed by atoms with van der Waals surface area (Å²) in [5, 5.41) is 7.83. The molecule has 0 atom stereocenters. The summed E-state index contributed by atoms with van der Waals surface area (Å²) >= 11 is 1.78. The van der Waals surface area contributed by atoms with Gasteiger partial charge in [0.1, 0.15) is 0 Å². The largest absolute Gasteiger partial charge is 0.357 e. The molecule has 0 fully saturated rings. The van der Waals surface area contributed by atoms with Crippen molar-refractivity contribution in [3.63, 3.8) is 0 Å². The van der Waals surface area contributed by atoms with Crippen LogP contribution in [0.5, 0.6) is 0 Å². The van der Waals surface area contributed by atoms with Crippen LogP contribution in [0.25, 0.3) is 0 Å². The zero-order chi connectivity index (χ0) is 15.9. The number of guanidine groups is 1. The van der Waals surface area contributed by atoms with Crippen LogP contribution in [0, 0.1) is 13.8 Å². The second kappa shape index (κ2) is 7.98. The molecule has 0 aliphatic heterocycles. The number of rotatable bonds is 6. The zero-order valence-corrected chi connectivity index (χ0v) is 14.6. The summed E-state index contributed by atoms with van der Waals surface area (Å²) in [6, 6.07) is 2.09. The Kier molecular flexibility index (Phi) is 6.00. The third kappa shape index (κ3) is 4.87. The molecule has 2 aromatic heterocycles. The third-order valence-electron chi connectivity index (χ3n) is 3.36. The SMILES string of the molecule is CCNC(=NCc1ccn(C)c1)NCCc1nc(C)c(C)s1. The molecule has 22 heavy (non-hydrogen) atoms. The first-order valence-corrected chi connectivity index (χ1v) is 8.46. The maximum Gasteiger partial charge on any atom is 0.191 e. The highest BCUT2D eigenvalue weighted by molar-refractivity contribution is 7.11. The molecule has 6 heteroatoms. The van der Waals surface area contributed by atoms with Crippen LogP contribution in [0.15, 0.2) is 23.5 Å². The molecule has 0 radical (unpaired) electrons. The first kappa shape index (κ1) is 16.5. The summed E-state index contributed by atoms with van der Waals surface area (Å²) in [5.41, 5.74) is 2.36. The van der Waals surface area contributed by atoms with Gasteiger partial charge in [0.15, 0.2) is 5.96 Å². The molecule has 0 aliphatic carbocycles. The molecule has 0 unspecified atom stereocenters. The van der Waals surface area contributed by atoms with E-state index in [9.17, 15) is 0 Å². The van der Waals surface area contributed by atoms with Gasteiger partial charge >= 0.3 is 0 Å². The fraction of sp³-hybridized carbons (Fsp3) is 0.500. The molecule has 0 bridgehead atoms. The monoisotopic (exact) mass is 319 g/mol. The van der Waals surface area contributed by atoms with E-state index in [2.05, 4.69) is 53.6 Å². The van der Waals surface area contributed by atoms with Gasteiger partial charge in [-0.15, -0.1) is 11.3 Å². The van der Waals surface area contributed by atoms with Crippen LogP contribution in [0.4, 0.5) is 0 Å². The molecule has 2 heterocycles. The Morgan fingerprint density at radius 2 is 2.18 bits per heavy atom. The number of aliphatic imine (C=N–C) groups is 1. The van der Waals surface area contributed by atoms with Gasteiger partial charge in [-0.3, -0.25) is 0 Å². The van der Waals surface area contributed by atoms with Crippen LogP contribution in [-0.4, -0.2) is 28.6 Å². The van der Waals surface area contributed by atoms with Gasteiger partial charge in [-0.05, 0) is 32.4 Å². The number of hydrogen-bond acceptors (Lipinski definition) is 3. The van der Waals surface area contributed by atoms with Crippen molar-refractivity contribution in [1.82, 2.24) is 20.2 Å². The Morgan fingerprint density at radius 3 is 2.77 bits per heavy atom. The minimum Gasteiger partial charge on any atom is -0.357 e. The predicted octanol–water partition coefficient (Wildman–Crippen LogP) is 2.40. The summed E-state index contributed by atoms with van der Waals surface area (Å²) < 4.78 is 2.04. The number of aryl methyl sites for hydroxylation is 3. The predicted molar refractivity (Wildman–Crippen MR) is 93.5 cm³/mol. The quantitative estimate of drug-likeness (QED) is 0.635. The van der Waals surface area contributed by atoms with Gasteiger partial charge in [0.2, 0.25) is 0 Å². The van der Waals surface area contributed by atoms with Crippen molar-refractivity contribution in [3.05, 3.63) is 39.6 Å². The average Bonchev–Trinajstić information content (AvgIpc) is 3.03. The van der Waals surface area contributed by atoms with Crippen LogP contribution >= 0.6 is 11.3 Å². The van der Waals surface area contributed by atoms with E-state index in [0.717, 1.165) is 31.2 Å². The van der Waals surface area contributed by atoms with Crippen LogP contribution in [0.2, 0.25) is 0 Å². The van der Waals surface area contributed by atoms with Gasteiger partial charge in [-0.25, -0.2) is 9.98 Å². The van der Waals surface area contributed by atoms with Crippen molar-refractivity contribution < 1.29 is 0 Å². The Balaban J connectivity index is 1.85. The van der Waals surface area contributed by atoms with Gasteiger partial charge in [0, 0.05) is 43.8 Å². The second-order valence-corrected chi connectivity index (χ2v) is 6.59. The van der Waals surface area contributed by atoms with Crippen LogP contribution < -0.4 is 10.6 Å². The molecule has 0 aromatic carbocycles. The van der Waals surface area contributed by atoms with Crippen LogP contribution in [0.1, 0.15) is 28.1 Å². The molecule has 5 nitrogen and oxygen atoms in total. The minimum absolute atomic E-state index is 0.686. The summed E-state index contributed by atoms with van der Waals surface area (Å²) in [4.78, 5) is 10.5. The van der Waals surface area contributed by atoms with E-state index >= 15 is 0 Å². The molecular formula is C16H25N5S. The molecule has 0 amide bonds. The van der Waals surface area contributed by atoms with Crippen molar-refractivity contribution in [1.29, 1.82) is 0 Å². The number of aromatic nitrogens is 2. The summed E-state index contributed by atoms with van der Waals surface area (Å²) in [5.74, 6) is 0.858. The van der Waals surface area contributed by atoms with Crippen molar-refractivity contribution in [2.75, 3.05) is 13.1 Å².